The summed E-state index contributed by atoms with van der Waals surface area (Å²) in [6.07, 6.45) is 0. The van der Waals surface area contributed by atoms with Gasteiger partial charge < -0.3 is 20.3 Å². The summed E-state index contributed by atoms with van der Waals surface area (Å²) in [6.45, 7) is 8.20. The molecule has 1 saturated heterocycles. The molecule has 168 valence electrons. The Kier molecular flexibility index (Phi) is 6.46. The van der Waals surface area contributed by atoms with Gasteiger partial charge in [0.15, 0.2) is 0 Å². The van der Waals surface area contributed by atoms with Gasteiger partial charge in [-0.2, -0.15) is 0 Å². The Bertz CT molecular complexity index is 1030. The molecule has 7 heteroatoms. The molecule has 2 amide bonds. The van der Waals surface area contributed by atoms with E-state index in [1.807, 2.05) is 30.3 Å². The fourth-order valence-corrected chi connectivity index (χ4v) is 4.42. The Morgan fingerprint density at radius 1 is 1.06 bits per heavy atom. The Hall–Kier alpha value is -3.32. The summed E-state index contributed by atoms with van der Waals surface area (Å²) in [5, 5.41) is 5.73. The van der Waals surface area contributed by atoms with E-state index in [1.54, 1.807) is 0 Å². The van der Waals surface area contributed by atoms with Crippen molar-refractivity contribution in [2.24, 2.45) is 0 Å². The van der Waals surface area contributed by atoms with E-state index >= 15 is 0 Å². The zero-order chi connectivity index (χ0) is 22.7. The van der Waals surface area contributed by atoms with E-state index in [0.717, 1.165) is 31.7 Å². The fourth-order valence-electron chi connectivity index (χ4n) is 4.42. The molecule has 0 spiro atoms. The lowest BCUT2D eigenvalue weighted by molar-refractivity contribution is -0.136. The molecule has 4 rings (SSSR count). The number of carbonyl (C=O) groups excluding carboxylic acids is 2. The number of nitrogens with zero attached hydrogens (tertiary/aromatic N) is 2. The number of ether oxygens (including phenoxy) is 1. The lowest BCUT2D eigenvalue weighted by Crippen LogP contribution is -2.51. The molecular weight excluding hydrogens is 404 g/mol. The molecule has 2 heterocycles. The van der Waals surface area contributed by atoms with Gasteiger partial charge in [-0.25, -0.2) is 9.59 Å². The van der Waals surface area contributed by atoms with Crippen LogP contribution in [0.1, 0.15) is 22.7 Å². The maximum absolute atomic E-state index is 12.7. The van der Waals surface area contributed by atoms with Crippen molar-refractivity contribution in [3.05, 3.63) is 76.5 Å². The lowest BCUT2D eigenvalue weighted by atomic mass is 9.95. The quantitative estimate of drug-likeness (QED) is 0.708. The number of hydrogen-bond donors (Lipinski definition) is 2. The first-order chi connectivity index (χ1) is 15.5. The van der Waals surface area contributed by atoms with Crippen molar-refractivity contribution < 1.29 is 14.3 Å². The molecule has 2 aromatic rings. The first-order valence-electron chi connectivity index (χ1n) is 10.9. The Balaban J connectivity index is 1.54. The molecule has 2 aromatic carbocycles. The number of anilines is 1. The van der Waals surface area contributed by atoms with Crippen LogP contribution in [0.25, 0.3) is 0 Å². The van der Waals surface area contributed by atoms with Crippen LogP contribution in [-0.2, 0) is 9.53 Å². The third-order valence-corrected chi connectivity index (χ3v) is 6.15. The number of nitrogens with one attached hydrogen (secondary N) is 2. The summed E-state index contributed by atoms with van der Waals surface area (Å²) in [5.41, 5.74) is 5.71. The summed E-state index contributed by atoms with van der Waals surface area (Å²) in [5.74, 6) is -0.435. The van der Waals surface area contributed by atoms with Crippen molar-refractivity contribution in [1.29, 1.82) is 0 Å². The molecule has 0 unspecified atom stereocenters. The van der Waals surface area contributed by atoms with Crippen molar-refractivity contribution in [1.82, 2.24) is 15.5 Å². The van der Waals surface area contributed by atoms with Gasteiger partial charge in [0.1, 0.15) is 0 Å². The van der Waals surface area contributed by atoms with Crippen LogP contribution in [0.4, 0.5) is 10.5 Å². The maximum atomic E-state index is 12.7. The Morgan fingerprint density at radius 3 is 2.47 bits per heavy atom. The molecular formula is C25H30N4O3. The first-order valence-corrected chi connectivity index (χ1v) is 10.9. The standard InChI is InChI=1S/C25H30N4O3/c1-17-9-10-18(2)21(15-17)29-13-11-28(12-14-29)16-20-22(24(30)32-3)23(27-25(31)26-20)19-7-5-4-6-8-19/h4-10,15,23H,11-14,16H2,1-3H3,(H2,26,27,31)/t23-/m0/s1. The number of esters is 1. The third kappa shape index (κ3) is 4.62. The largest absolute Gasteiger partial charge is 0.466 e. The highest BCUT2D eigenvalue weighted by molar-refractivity contribution is 5.95. The van der Waals surface area contributed by atoms with Crippen molar-refractivity contribution in [2.45, 2.75) is 19.9 Å². The number of rotatable bonds is 5. The Morgan fingerprint density at radius 2 is 1.78 bits per heavy atom. The van der Waals surface area contributed by atoms with Gasteiger partial charge in [-0.3, -0.25) is 4.90 Å². The van der Waals surface area contributed by atoms with Gasteiger partial charge in [-0.05, 0) is 36.6 Å². The summed E-state index contributed by atoms with van der Waals surface area (Å²) >= 11 is 0. The molecule has 0 bridgehead atoms. The molecule has 0 aromatic heterocycles. The van der Waals surface area contributed by atoms with Gasteiger partial charge in [0, 0.05) is 44.1 Å². The van der Waals surface area contributed by atoms with Crippen LogP contribution in [0.3, 0.4) is 0 Å². The average Bonchev–Trinajstić information content (AvgIpc) is 2.81. The van der Waals surface area contributed by atoms with Crippen molar-refractivity contribution in [3.63, 3.8) is 0 Å². The number of amides is 2. The van der Waals surface area contributed by atoms with E-state index in [0.29, 0.717) is 17.8 Å². The maximum Gasteiger partial charge on any atom is 0.338 e. The minimum Gasteiger partial charge on any atom is -0.466 e. The predicted octanol–water partition coefficient (Wildman–Crippen LogP) is 2.91. The van der Waals surface area contributed by atoms with Crippen LogP contribution in [0, 0.1) is 13.8 Å². The monoisotopic (exact) mass is 434 g/mol. The van der Waals surface area contributed by atoms with Crippen LogP contribution < -0.4 is 15.5 Å². The molecule has 1 atom stereocenters. The fraction of sp³-hybridized carbons (Fsp3) is 0.360. The van der Waals surface area contributed by atoms with Gasteiger partial charge in [0.25, 0.3) is 0 Å². The van der Waals surface area contributed by atoms with Gasteiger partial charge >= 0.3 is 12.0 Å². The highest BCUT2D eigenvalue weighted by Gasteiger charge is 2.34. The molecule has 0 radical (unpaired) electrons. The summed E-state index contributed by atoms with van der Waals surface area (Å²) < 4.78 is 5.08. The molecule has 32 heavy (non-hydrogen) atoms. The van der Waals surface area contributed by atoms with E-state index in [-0.39, 0.29) is 6.03 Å². The number of benzene rings is 2. The van der Waals surface area contributed by atoms with Crippen LogP contribution in [0.15, 0.2) is 59.8 Å². The van der Waals surface area contributed by atoms with E-state index in [1.165, 1.54) is 23.9 Å². The topological polar surface area (TPSA) is 73.9 Å². The SMILES string of the molecule is COC(=O)C1=C(CN2CCN(c3cc(C)ccc3C)CC2)NC(=O)N[C@H]1c1ccccc1. The number of aryl methyl sites for hydroxylation is 2. The van der Waals surface area contributed by atoms with E-state index in [4.69, 9.17) is 4.74 Å². The number of carbonyl (C=O) groups is 2. The van der Waals surface area contributed by atoms with Gasteiger partial charge in [-0.1, -0.05) is 42.5 Å². The summed E-state index contributed by atoms with van der Waals surface area (Å²) in [7, 11) is 1.37. The summed E-state index contributed by atoms with van der Waals surface area (Å²) in [4.78, 5) is 29.8. The second-order valence-corrected chi connectivity index (χ2v) is 8.38. The van der Waals surface area contributed by atoms with E-state index < -0.39 is 12.0 Å². The van der Waals surface area contributed by atoms with Gasteiger partial charge in [0.2, 0.25) is 0 Å². The average molecular weight is 435 g/mol. The number of piperazine rings is 1. The second kappa shape index (κ2) is 9.44. The zero-order valence-corrected chi connectivity index (χ0v) is 18.9. The predicted molar refractivity (Wildman–Crippen MR) is 124 cm³/mol. The van der Waals surface area contributed by atoms with Crippen LogP contribution >= 0.6 is 0 Å². The van der Waals surface area contributed by atoms with Crippen LogP contribution in [0.2, 0.25) is 0 Å². The summed E-state index contributed by atoms with van der Waals surface area (Å²) in [6, 6.07) is 15.2. The van der Waals surface area contributed by atoms with E-state index in [9.17, 15) is 9.59 Å². The Labute approximate surface area is 189 Å². The molecule has 2 aliphatic heterocycles. The normalized spacial score (nSPS) is 19.4. The molecule has 0 saturated carbocycles. The van der Waals surface area contributed by atoms with Crippen molar-refractivity contribution >= 4 is 17.7 Å². The molecule has 0 aliphatic carbocycles. The van der Waals surface area contributed by atoms with Gasteiger partial charge in [-0.15, -0.1) is 0 Å². The van der Waals surface area contributed by atoms with Crippen LogP contribution in [0.5, 0.6) is 0 Å². The lowest BCUT2D eigenvalue weighted by Gasteiger charge is -2.38. The molecule has 2 aliphatic rings. The molecule has 1 fully saturated rings. The second-order valence-electron chi connectivity index (χ2n) is 8.38. The molecule has 7 nitrogen and oxygen atoms in total. The molecule has 2 N–H and O–H groups in total. The highest BCUT2D eigenvalue weighted by atomic mass is 16.5. The number of urea groups is 1. The minimum atomic E-state index is -0.538. The zero-order valence-electron chi connectivity index (χ0n) is 18.9. The highest BCUT2D eigenvalue weighted by Crippen LogP contribution is 2.28. The van der Waals surface area contributed by atoms with Crippen molar-refractivity contribution in [2.75, 3.05) is 44.7 Å². The number of hydrogen-bond acceptors (Lipinski definition) is 5. The van der Waals surface area contributed by atoms with E-state index in [2.05, 4.69) is 52.5 Å². The number of methoxy groups -OCH3 is 1. The van der Waals surface area contributed by atoms with Gasteiger partial charge in [0.05, 0.1) is 18.7 Å². The van der Waals surface area contributed by atoms with Crippen LogP contribution in [-0.4, -0.2) is 56.7 Å². The smallest absolute Gasteiger partial charge is 0.338 e. The van der Waals surface area contributed by atoms with Crippen molar-refractivity contribution in [3.8, 4) is 0 Å². The third-order valence-electron chi connectivity index (χ3n) is 6.15. The first kappa shape index (κ1) is 21.9. The minimum absolute atomic E-state index is 0.310.